The zero-order chi connectivity index (χ0) is 15.0. The monoisotopic (exact) mass is 281 g/mol. The first-order valence-electron chi connectivity index (χ1n) is 7.08. The van der Waals surface area contributed by atoms with Gasteiger partial charge >= 0.3 is 0 Å². The number of hydrogen-bond acceptors (Lipinski definition) is 3. The Kier molecular flexibility index (Phi) is 3.16. The fraction of sp³-hybridized carbons (Fsp3) is 0.294. The summed E-state index contributed by atoms with van der Waals surface area (Å²) in [6.45, 7) is 4.52. The maximum atomic E-state index is 12.7. The van der Waals surface area contributed by atoms with Crippen molar-refractivity contribution in [1.82, 2.24) is 4.98 Å². The van der Waals surface area contributed by atoms with Crippen LogP contribution in [0.5, 0.6) is 0 Å². The molecule has 108 valence electrons. The van der Waals surface area contributed by atoms with Gasteiger partial charge < -0.3 is 10.2 Å². The van der Waals surface area contributed by atoms with Crippen LogP contribution in [0.1, 0.15) is 25.0 Å². The summed E-state index contributed by atoms with van der Waals surface area (Å²) in [6.07, 6.45) is 1.81. The number of carbonyl (C=O) groups is 1. The van der Waals surface area contributed by atoms with Crippen molar-refractivity contribution in [3.63, 3.8) is 0 Å². The third-order valence-corrected chi connectivity index (χ3v) is 4.07. The molecule has 4 heteroatoms. The predicted octanol–water partition coefficient (Wildman–Crippen LogP) is 2.95. The number of aromatic nitrogens is 1. The third-order valence-electron chi connectivity index (χ3n) is 4.07. The van der Waals surface area contributed by atoms with Gasteiger partial charge in [0.25, 0.3) is 0 Å². The lowest BCUT2D eigenvalue weighted by molar-refractivity contribution is -0.122. The van der Waals surface area contributed by atoms with E-state index >= 15 is 0 Å². The molecule has 1 amide bonds. The maximum Gasteiger partial charge on any atom is 0.237 e. The van der Waals surface area contributed by atoms with Crippen LogP contribution in [0.15, 0.2) is 42.6 Å². The highest BCUT2D eigenvalue weighted by atomic mass is 16.2. The molecule has 0 radical (unpaired) electrons. The quantitative estimate of drug-likeness (QED) is 0.940. The lowest BCUT2D eigenvalue weighted by Gasteiger charge is -2.20. The van der Waals surface area contributed by atoms with E-state index in [1.807, 2.05) is 68.4 Å². The first kappa shape index (κ1) is 13.6. The fourth-order valence-electron chi connectivity index (χ4n) is 2.80. The lowest BCUT2D eigenvalue weighted by atomic mass is 9.86. The van der Waals surface area contributed by atoms with E-state index < -0.39 is 5.41 Å². The van der Waals surface area contributed by atoms with E-state index in [0.29, 0.717) is 6.54 Å². The van der Waals surface area contributed by atoms with E-state index in [4.69, 9.17) is 0 Å². The van der Waals surface area contributed by atoms with Crippen molar-refractivity contribution >= 4 is 17.4 Å². The maximum absolute atomic E-state index is 12.7. The number of rotatable bonds is 3. The third kappa shape index (κ3) is 2.17. The number of para-hydroxylation sites is 1. The van der Waals surface area contributed by atoms with Gasteiger partial charge in [0.2, 0.25) is 5.91 Å². The van der Waals surface area contributed by atoms with Crippen molar-refractivity contribution in [3.05, 3.63) is 53.7 Å². The molecule has 0 spiro atoms. The van der Waals surface area contributed by atoms with Gasteiger partial charge in [-0.3, -0.25) is 4.79 Å². The van der Waals surface area contributed by atoms with Crippen LogP contribution in [0.2, 0.25) is 0 Å². The van der Waals surface area contributed by atoms with Gasteiger partial charge in [-0.2, -0.15) is 0 Å². The fourth-order valence-corrected chi connectivity index (χ4v) is 2.80. The van der Waals surface area contributed by atoms with Crippen LogP contribution in [0.25, 0.3) is 0 Å². The number of nitrogens with one attached hydrogen (secondary N) is 1. The van der Waals surface area contributed by atoms with Crippen LogP contribution in [0, 0.1) is 0 Å². The van der Waals surface area contributed by atoms with Crippen LogP contribution < -0.4 is 10.2 Å². The zero-order valence-corrected chi connectivity index (χ0v) is 12.6. The molecule has 1 aromatic carbocycles. The Balaban J connectivity index is 1.93. The summed E-state index contributed by atoms with van der Waals surface area (Å²) in [5.41, 5.74) is 2.66. The highest BCUT2D eigenvalue weighted by Gasteiger charge is 2.43. The number of nitrogens with zero attached hydrogens (tertiary/aromatic N) is 2. The number of amides is 1. The van der Waals surface area contributed by atoms with Crippen LogP contribution in [-0.2, 0) is 16.8 Å². The summed E-state index contributed by atoms with van der Waals surface area (Å²) in [6, 6.07) is 11.9. The Bertz CT molecular complexity index is 677. The average Bonchev–Trinajstić information content (AvgIpc) is 2.70. The van der Waals surface area contributed by atoms with Gasteiger partial charge in [0.1, 0.15) is 5.82 Å². The molecule has 2 aromatic rings. The molecule has 3 rings (SSSR count). The summed E-state index contributed by atoms with van der Waals surface area (Å²) in [5.74, 6) is 0.966. The molecule has 0 saturated heterocycles. The molecule has 0 fully saturated rings. The summed E-state index contributed by atoms with van der Waals surface area (Å²) >= 11 is 0. The van der Waals surface area contributed by atoms with E-state index in [0.717, 1.165) is 22.6 Å². The van der Waals surface area contributed by atoms with E-state index in [-0.39, 0.29) is 5.91 Å². The van der Waals surface area contributed by atoms with Gasteiger partial charge in [0.05, 0.1) is 12.0 Å². The minimum Gasteiger partial charge on any atom is -0.373 e. The first-order chi connectivity index (χ1) is 10.0. The summed E-state index contributed by atoms with van der Waals surface area (Å²) in [4.78, 5) is 18.9. The minimum absolute atomic E-state index is 0.140. The molecule has 0 atom stereocenters. The summed E-state index contributed by atoms with van der Waals surface area (Å²) in [5, 5.41) is 2.99. The van der Waals surface area contributed by atoms with Crippen LogP contribution in [0.4, 0.5) is 11.5 Å². The molecule has 0 aliphatic carbocycles. The average molecular weight is 281 g/mol. The number of benzene rings is 1. The molecular formula is C17H19N3O. The molecular weight excluding hydrogens is 262 g/mol. The van der Waals surface area contributed by atoms with Crippen LogP contribution in [-0.4, -0.2) is 17.9 Å². The molecule has 2 heterocycles. The highest BCUT2D eigenvalue weighted by Crippen LogP contribution is 2.41. The molecule has 0 unspecified atom stereocenters. The van der Waals surface area contributed by atoms with E-state index in [1.54, 1.807) is 0 Å². The van der Waals surface area contributed by atoms with Crippen molar-refractivity contribution in [1.29, 1.82) is 0 Å². The summed E-state index contributed by atoms with van der Waals surface area (Å²) in [7, 11) is 1.84. The lowest BCUT2D eigenvalue weighted by Crippen LogP contribution is -2.35. The number of carbonyl (C=O) groups excluding carboxylic acids is 1. The Morgan fingerprint density at radius 3 is 2.62 bits per heavy atom. The Morgan fingerprint density at radius 1 is 1.19 bits per heavy atom. The highest BCUT2D eigenvalue weighted by molar-refractivity contribution is 6.07. The molecule has 21 heavy (non-hydrogen) atoms. The van der Waals surface area contributed by atoms with Crippen molar-refractivity contribution in [3.8, 4) is 0 Å². The Morgan fingerprint density at radius 2 is 1.95 bits per heavy atom. The normalized spacial score (nSPS) is 16.0. The molecule has 1 aromatic heterocycles. The molecule has 1 aliphatic heterocycles. The van der Waals surface area contributed by atoms with Crippen molar-refractivity contribution in [2.75, 3.05) is 17.3 Å². The molecule has 0 bridgehead atoms. The van der Waals surface area contributed by atoms with E-state index in [2.05, 4.69) is 10.3 Å². The first-order valence-corrected chi connectivity index (χ1v) is 7.08. The minimum atomic E-state index is -0.463. The van der Waals surface area contributed by atoms with Crippen LogP contribution in [0.3, 0.4) is 0 Å². The number of anilines is 2. The van der Waals surface area contributed by atoms with Gasteiger partial charge in [0, 0.05) is 18.9 Å². The second kappa shape index (κ2) is 4.88. The zero-order valence-electron chi connectivity index (χ0n) is 12.6. The van der Waals surface area contributed by atoms with Crippen molar-refractivity contribution < 1.29 is 4.79 Å². The number of hydrogen-bond donors (Lipinski definition) is 1. The Labute approximate surface area is 124 Å². The van der Waals surface area contributed by atoms with Gasteiger partial charge in [-0.05, 0) is 37.1 Å². The molecule has 4 nitrogen and oxygen atoms in total. The van der Waals surface area contributed by atoms with E-state index in [9.17, 15) is 4.79 Å². The molecule has 0 saturated carbocycles. The summed E-state index contributed by atoms with van der Waals surface area (Å²) < 4.78 is 0. The van der Waals surface area contributed by atoms with Crippen molar-refractivity contribution in [2.45, 2.75) is 25.8 Å². The van der Waals surface area contributed by atoms with Crippen LogP contribution >= 0.6 is 0 Å². The number of pyridine rings is 1. The Hall–Kier alpha value is -2.36. The molecule has 1 aliphatic rings. The molecule has 1 N–H and O–H groups in total. The van der Waals surface area contributed by atoms with E-state index in [1.165, 1.54) is 0 Å². The van der Waals surface area contributed by atoms with Gasteiger partial charge in [0.15, 0.2) is 0 Å². The van der Waals surface area contributed by atoms with Gasteiger partial charge in [-0.1, -0.05) is 24.3 Å². The second-order valence-corrected chi connectivity index (χ2v) is 5.84. The largest absolute Gasteiger partial charge is 0.373 e. The van der Waals surface area contributed by atoms with Gasteiger partial charge in [-0.15, -0.1) is 0 Å². The smallest absolute Gasteiger partial charge is 0.237 e. The SMILES string of the molecule is CNc1ccc(CN2C(=O)C(C)(C)c3ccccc32)cn1. The topological polar surface area (TPSA) is 45.2 Å². The standard InChI is InChI=1S/C17H19N3O/c1-17(2)13-6-4-5-7-14(13)20(16(17)21)11-12-8-9-15(18-3)19-10-12/h4-10H,11H2,1-3H3,(H,18,19). The van der Waals surface area contributed by atoms with Gasteiger partial charge in [-0.25, -0.2) is 4.98 Å². The van der Waals surface area contributed by atoms with Crippen molar-refractivity contribution in [2.24, 2.45) is 0 Å². The second-order valence-electron chi connectivity index (χ2n) is 5.84. The predicted molar refractivity (Wildman–Crippen MR) is 84.4 cm³/mol. The number of fused-ring (bicyclic) bond motifs is 1.